The van der Waals surface area contributed by atoms with Gasteiger partial charge in [-0.25, -0.2) is 0 Å². The van der Waals surface area contributed by atoms with E-state index in [4.69, 9.17) is 0 Å². The van der Waals surface area contributed by atoms with Crippen molar-refractivity contribution in [2.75, 3.05) is 6.54 Å². The maximum atomic E-state index is 4.42. The van der Waals surface area contributed by atoms with Crippen LogP contribution in [0.5, 0.6) is 0 Å². The van der Waals surface area contributed by atoms with Crippen LogP contribution >= 0.6 is 0 Å². The number of hydrogen-bond donors (Lipinski definition) is 1. The highest BCUT2D eigenvalue weighted by molar-refractivity contribution is 5.55. The highest BCUT2D eigenvalue weighted by Gasteiger charge is 2.10. The Morgan fingerprint density at radius 1 is 1.38 bits per heavy atom. The van der Waals surface area contributed by atoms with Crippen LogP contribution in [0.3, 0.4) is 0 Å². The average molecular weight is 219 g/mol. The van der Waals surface area contributed by atoms with E-state index < -0.39 is 0 Å². The Labute approximate surface area is 97.5 Å². The Hall–Kier alpha value is -1.09. The van der Waals surface area contributed by atoms with Gasteiger partial charge in [0.25, 0.3) is 0 Å². The van der Waals surface area contributed by atoms with Crippen molar-refractivity contribution in [3.8, 4) is 0 Å². The Balaban J connectivity index is 2.10. The van der Waals surface area contributed by atoms with Crippen molar-refractivity contribution in [1.82, 2.24) is 15.1 Å². The zero-order valence-electron chi connectivity index (χ0n) is 10.5. The smallest absolute Gasteiger partial charge is 0.0668 e. The molecule has 0 saturated carbocycles. The number of aromatic nitrogens is 2. The zero-order valence-corrected chi connectivity index (χ0v) is 10.5. The minimum Gasteiger partial charge on any atom is -0.311 e. The van der Waals surface area contributed by atoms with Gasteiger partial charge in [-0.05, 0) is 33.2 Å². The highest BCUT2D eigenvalue weighted by Crippen LogP contribution is 2.15. The fourth-order valence-corrected chi connectivity index (χ4v) is 2.29. The van der Waals surface area contributed by atoms with Gasteiger partial charge < -0.3 is 5.32 Å². The number of aryl methyl sites for hydroxylation is 2. The number of nitrogens with zero attached hydrogens (tertiary/aromatic N) is 2. The van der Waals surface area contributed by atoms with Gasteiger partial charge >= 0.3 is 0 Å². The third-order valence-electron chi connectivity index (χ3n) is 3.41. The summed E-state index contributed by atoms with van der Waals surface area (Å²) in [7, 11) is 2.00. The molecular formula is C13H21N3. The summed E-state index contributed by atoms with van der Waals surface area (Å²) in [6, 6.07) is 0.549. The molecule has 1 fully saturated rings. The summed E-state index contributed by atoms with van der Waals surface area (Å²) in [4.78, 5) is 0. The summed E-state index contributed by atoms with van der Waals surface area (Å²) < 4.78 is 1.95. The molecule has 2 rings (SSSR count). The van der Waals surface area contributed by atoms with Crippen LogP contribution in [0.25, 0.3) is 6.08 Å². The Morgan fingerprint density at radius 2 is 2.19 bits per heavy atom. The summed E-state index contributed by atoms with van der Waals surface area (Å²) in [6.45, 7) is 5.34. The van der Waals surface area contributed by atoms with Crippen molar-refractivity contribution in [3.63, 3.8) is 0 Å². The van der Waals surface area contributed by atoms with Crippen LogP contribution in [0.15, 0.2) is 6.08 Å². The lowest BCUT2D eigenvalue weighted by Gasteiger charge is -2.20. The second-order valence-corrected chi connectivity index (χ2v) is 4.62. The lowest BCUT2D eigenvalue weighted by atomic mass is 10.0. The molecular weight excluding hydrogens is 198 g/mol. The van der Waals surface area contributed by atoms with Crippen LogP contribution in [-0.4, -0.2) is 22.4 Å². The molecule has 0 amide bonds. The maximum absolute atomic E-state index is 4.42. The number of nitrogens with one attached hydrogen (secondary N) is 1. The van der Waals surface area contributed by atoms with Crippen LogP contribution in [0.4, 0.5) is 0 Å². The van der Waals surface area contributed by atoms with Crippen molar-refractivity contribution in [3.05, 3.63) is 23.0 Å². The first kappa shape index (κ1) is 11.4. The Bertz CT molecular complexity index is 384. The van der Waals surface area contributed by atoms with Gasteiger partial charge in [0.2, 0.25) is 0 Å². The van der Waals surface area contributed by atoms with Crippen LogP contribution < -0.4 is 5.32 Å². The fraction of sp³-hybridized carbons (Fsp3) is 0.615. The molecule has 1 aliphatic rings. The van der Waals surface area contributed by atoms with E-state index in [0.717, 1.165) is 12.2 Å². The molecule has 1 aliphatic heterocycles. The molecule has 3 heteroatoms. The summed E-state index contributed by atoms with van der Waals surface area (Å²) in [6.07, 6.45) is 8.42. The predicted octanol–water partition coefficient (Wildman–Crippen LogP) is 2.19. The van der Waals surface area contributed by atoms with E-state index in [2.05, 4.69) is 36.4 Å². The van der Waals surface area contributed by atoms with Gasteiger partial charge in [-0.2, -0.15) is 5.10 Å². The topological polar surface area (TPSA) is 29.9 Å². The van der Waals surface area contributed by atoms with E-state index in [-0.39, 0.29) is 0 Å². The fourth-order valence-electron chi connectivity index (χ4n) is 2.29. The van der Waals surface area contributed by atoms with Gasteiger partial charge in [0.15, 0.2) is 0 Å². The molecule has 0 aliphatic carbocycles. The van der Waals surface area contributed by atoms with Crippen LogP contribution in [0.1, 0.15) is 36.2 Å². The monoisotopic (exact) mass is 219 g/mol. The first-order valence-electron chi connectivity index (χ1n) is 6.10. The second-order valence-electron chi connectivity index (χ2n) is 4.62. The minimum absolute atomic E-state index is 0.549. The predicted molar refractivity (Wildman–Crippen MR) is 67.4 cm³/mol. The molecule has 1 unspecified atom stereocenters. The van der Waals surface area contributed by atoms with E-state index in [1.807, 2.05) is 11.7 Å². The summed E-state index contributed by atoms with van der Waals surface area (Å²) in [5.74, 6) is 0. The molecule has 1 aromatic heterocycles. The van der Waals surface area contributed by atoms with Crippen molar-refractivity contribution >= 4 is 6.08 Å². The maximum Gasteiger partial charge on any atom is 0.0668 e. The van der Waals surface area contributed by atoms with E-state index in [1.54, 1.807) is 0 Å². The molecule has 0 aromatic carbocycles. The molecule has 1 N–H and O–H groups in total. The van der Waals surface area contributed by atoms with E-state index in [9.17, 15) is 0 Å². The van der Waals surface area contributed by atoms with Crippen molar-refractivity contribution in [2.24, 2.45) is 7.05 Å². The molecule has 16 heavy (non-hydrogen) atoms. The molecule has 88 valence electrons. The molecule has 1 aromatic rings. The van der Waals surface area contributed by atoms with E-state index in [0.29, 0.717) is 6.04 Å². The van der Waals surface area contributed by atoms with Gasteiger partial charge in [0.1, 0.15) is 0 Å². The Morgan fingerprint density at radius 3 is 2.75 bits per heavy atom. The van der Waals surface area contributed by atoms with Crippen molar-refractivity contribution in [2.45, 2.75) is 39.2 Å². The largest absolute Gasteiger partial charge is 0.311 e. The number of hydrogen-bond acceptors (Lipinski definition) is 2. The van der Waals surface area contributed by atoms with Crippen molar-refractivity contribution in [1.29, 1.82) is 0 Å². The standard InChI is InChI=1S/C13H21N3/c1-10-13(11(2)16(3)15-10)8-7-12-6-4-5-9-14-12/h7-8,12,14H,4-6,9H2,1-3H3/b8-7+. The van der Waals surface area contributed by atoms with Gasteiger partial charge in [0, 0.05) is 24.3 Å². The first-order valence-corrected chi connectivity index (χ1v) is 6.10. The van der Waals surface area contributed by atoms with Crippen LogP contribution in [0, 0.1) is 13.8 Å². The van der Waals surface area contributed by atoms with Crippen molar-refractivity contribution < 1.29 is 0 Å². The number of piperidine rings is 1. The summed E-state index contributed by atoms with van der Waals surface area (Å²) in [5.41, 5.74) is 3.63. The lowest BCUT2D eigenvalue weighted by Crippen LogP contribution is -2.31. The molecule has 0 radical (unpaired) electrons. The molecule has 3 nitrogen and oxygen atoms in total. The third-order valence-corrected chi connectivity index (χ3v) is 3.41. The average Bonchev–Trinajstić information content (AvgIpc) is 2.53. The second kappa shape index (κ2) is 4.83. The molecule has 0 bridgehead atoms. The third kappa shape index (κ3) is 2.35. The first-order chi connectivity index (χ1) is 7.68. The highest BCUT2D eigenvalue weighted by atomic mass is 15.3. The van der Waals surface area contributed by atoms with E-state index in [1.165, 1.54) is 30.5 Å². The SMILES string of the molecule is Cc1nn(C)c(C)c1/C=C/C1CCCCN1. The van der Waals surface area contributed by atoms with E-state index >= 15 is 0 Å². The van der Waals surface area contributed by atoms with Crippen LogP contribution in [0.2, 0.25) is 0 Å². The normalized spacial score (nSPS) is 21.8. The molecule has 1 saturated heterocycles. The lowest BCUT2D eigenvalue weighted by molar-refractivity contribution is 0.455. The molecule has 2 heterocycles. The Kier molecular flexibility index (Phi) is 3.44. The molecule has 1 atom stereocenters. The van der Waals surface area contributed by atoms with Gasteiger partial charge in [-0.1, -0.05) is 18.6 Å². The number of rotatable bonds is 2. The van der Waals surface area contributed by atoms with Gasteiger partial charge in [0.05, 0.1) is 5.69 Å². The summed E-state index contributed by atoms with van der Waals surface area (Å²) >= 11 is 0. The quantitative estimate of drug-likeness (QED) is 0.826. The summed E-state index contributed by atoms with van der Waals surface area (Å²) in [5, 5.41) is 7.94. The molecule has 0 spiro atoms. The minimum atomic E-state index is 0.549. The zero-order chi connectivity index (χ0) is 11.5. The van der Waals surface area contributed by atoms with Gasteiger partial charge in [-0.3, -0.25) is 4.68 Å². The van der Waals surface area contributed by atoms with Crippen LogP contribution in [-0.2, 0) is 7.05 Å². The van der Waals surface area contributed by atoms with Gasteiger partial charge in [-0.15, -0.1) is 0 Å².